The van der Waals surface area contributed by atoms with Gasteiger partial charge < -0.3 is 5.32 Å². The average Bonchev–Trinajstić information content (AvgIpc) is 2.45. The highest BCUT2D eigenvalue weighted by Crippen LogP contribution is 2.31. The Morgan fingerprint density at radius 2 is 2.05 bits per heavy atom. The lowest BCUT2D eigenvalue weighted by Crippen LogP contribution is -2.07. The number of nitriles is 1. The van der Waals surface area contributed by atoms with E-state index >= 15 is 0 Å². The summed E-state index contributed by atoms with van der Waals surface area (Å²) in [5.41, 5.74) is 0.0326. The second-order valence-corrected chi connectivity index (χ2v) is 3.92. The fourth-order valence-electron chi connectivity index (χ4n) is 1.57. The van der Waals surface area contributed by atoms with Crippen LogP contribution in [0.15, 0.2) is 36.8 Å². The van der Waals surface area contributed by atoms with Crippen LogP contribution in [0, 0.1) is 11.3 Å². The third kappa shape index (κ3) is 3.23. The Bertz CT molecular complexity index is 632. The van der Waals surface area contributed by atoms with Crippen LogP contribution in [0.3, 0.4) is 0 Å². The molecule has 0 radical (unpaired) electrons. The fourth-order valence-corrected chi connectivity index (χ4v) is 1.57. The molecule has 0 spiro atoms. The summed E-state index contributed by atoms with van der Waals surface area (Å²) in [4.78, 5) is 7.89. The van der Waals surface area contributed by atoms with E-state index in [4.69, 9.17) is 5.26 Å². The molecule has 2 rings (SSSR count). The minimum Gasteiger partial charge on any atom is -0.378 e. The van der Waals surface area contributed by atoms with Gasteiger partial charge in [0.15, 0.2) is 0 Å². The minimum atomic E-state index is -4.46. The van der Waals surface area contributed by atoms with Crippen molar-refractivity contribution in [3.8, 4) is 6.07 Å². The molecule has 2 aromatic rings. The Balaban J connectivity index is 2.19. The molecule has 1 aromatic heterocycles. The maximum Gasteiger partial charge on any atom is 0.416 e. The first kappa shape index (κ1) is 13.8. The van der Waals surface area contributed by atoms with E-state index in [0.717, 1.165) is 12.1 Å². The van der Waals surface area contributed by atoms with Gasteiger partial charge in [0.05, 0.1) is 35.2 Å². The van der Waals surface area contributed by atoms with Gasteiger partial charge in [-0.25, -0.2) is 0 Å². The van der Waals surface area contributed by atoms with Crippen molar-refractivity contribution >= 4 is 5.69 Å². The monoisotopic (exact) mass is 278 g/mol. The number of hydrogen-bond acceptors (Lipinski definition) is 4. The molecule has 0 atom stereocenters. The number of nitrogens with zero attached hydrogens (tertiary/aromatic N) is 3. The molecule has 0 saturated heterocycles. The second kappa shape index (κ2) is 5.57. The van der Waals surface area contributed by atoms with Gasteiger partial charge in [0.1, 0.15) is 6.07 Å². The van der Waals surface area contributed by atoms with Crippen molar-refractivity contribution in [2.75, 3.05) is 5.32 Å². The molecule has 0 fully saturated rings. The van der Waals surface area contributed by atoms with Crippen molar-refractivity contribution in [1.29, 1.82) is 5.26 Å². The van der Waals surface area contributed by atoms with Gasteiger partial charge in [0.25, 0.3) is 0 Å². The average molecular weight is 278 g/mol. The molecule has 0 bridgehead atoms. The molecule has 4 nitrogen and oxygen atoms in total. The van der Waals surface area contributed by atoms with Crippen LogP contribution in [0.5, 0.6) is 0 Å². The Labute approximate surface area is 112 Å². The smallest absolute Gasteiger partial charge is 0.378 e. The normalized spacial score (nSPS) is 10.9. The quantitative estimate of drug-likeness (QED) is 0.937. The maximum atomic E-state index is 12.5. The standard InChI is InChI=1S/C13H9F3N4/c14-13(15,16)10-1-2-12(9(5-10)6-17)20-8-11-7-18-3-4-19-11/h1-5,7,20H,8H2. The molecule has 1 N–H and O–H groups in total. The molecule has 7 heteroatoms. The van der Waals surface area contributed by atoms with Gasteiger partial charge in [-0.05, 0) is 18.2 Å². The zero-order chi connectivity index (χ0) is 14.6. The highest BCUT2D eigenvalue weighted by molar-refractivity contribution is 5.59. The van der Waals surface area contributed by atoms with Crippen LogP contribution in [-0.4, -0.2) is 9.97 Å². The van der Waals surface area contributed by atoms with Gasteiger partial charge in [-0.2, -0.15) is 18.4 Å². The first-order valence-corrected chi connectivity index (χ1v) is 5.61. The third-order valence-corrected chi connectivity index (χ3v) is 2.54. The number of hydrogen-bond donors (Lipinski definition) is 1. The summed E-state index contributed by atoms with van der Waals surface area (Å²) >= 11 is 0. The molecular formula is C13H9F3N4. The number of nitrogens with one attached hydrogen (secondary N) is 1. The summed E-state index contributed by atoms with van der Waals surface area (Å²) < 4.78 is 37.6. The van der Waals surface area contributed by atoms with Crippen LogP contribution in [-0.2, 0) is 12.7 Å². The highest BCUT2D eigenvalue weighted by atomic mass is 19.4. The summed E-state index contributed by atoms with van der Waals surface area (Å²) in [5.74, 6) is 0. The molecule has 20 heavy (non-hydrogen) atoms. The summed E-state index contributed by atoms with van der Waals surface area (Å²) in [7, 11) is 0. The van der Waals surface area contributed by atoms with Crippen LogP contribution >= 0.6 is 0 Å². The summed E-state index contributed by atoms with van der Waals surface area (Å²) in [6.07, 6.45) is 0.0927. The van der Waals surface area contributed by atoms with Crippen molar-refractivity contribution in [3.63, 3.8) is 0 Å². The van der Waals surface area contributed by atoms with E-state index in [1.54, 1.807) is 6.07 Å². The van der Waals surface area contributed by atoms with Gasteiger partial charge in [-0.15, -0.1) is 0 Å². The highest BCUT2D eigenvalue weighted by Gasteiger charge is 2.31. The molecule has 0 aliphatic rings. The molecule has 0 unspecified atom stereocenters. The van der Waals surface area contributed by atoms with Crippen LogP contribution < -0.4 is 5.32 Å². The zero-order valence-corrected chi connectivity index (χ0v) is 10.1. The molecule has 0 aliphatic carbocycles. The molecule has 0 aliphatic heterocycles. The Kier molecular flexibility index (Phi) is 3.84. The van der Waals surface area contributed by atoms with Crippen LogP contribution in [0.25, 0.3) is 0 Å². The number of rotatable bonds is 3. The van der Waals surface area contributed by atoms with E-state index in [2.05, 4.69) is 15.3 Å². The number of benzene rings is 1. The van der Waals surface area contributed by atoms with E-state index in [1.807, 2.05) is 0 Å². The van der Waals surface area contributed by atoms with E-state index in [0.29, 0.717) is 11.4 Å². The largest absolute Gasteiger partial charge is 0.416 e. The van der Waals surface area contributed by atoms with Crippen LogP contribution in [0.1, 0.15) is 16.8 Å². The molecule has 102 valence electrons. The molecule has 1 aromatic carbocycles. The fraction of sp³-hybridized carbons (Fsp3) is 0.154. The van der Waals surface area contributed by atoms with Gasteiger partial charge in [0, 0.05) is 12.4 Å². The second-order valence-electron chi connectivity index (χ2n) is 3.92. The maximum absolute atomic E-state index is 12.5. The number of halogens is 3. The van der Waals surface area contributed by atoms with Crippen molar-refractivity contribution in [2.45, 2.75) is 12.7 Å². The van der Waals surface area contributed by atoms with E-state index in [-0.39, 0.29) is 12.1 Å². The van der Waals surface area contributed by atoms with Gasteiger partial charge in [0.2, 0.25) is 0 Å². The first-order chi connectivity index (χ1) is 9.50. The molecule has 0 saturated carbocycles. The zero-order valence-electron chi connectivity index (χ0n) is 10.1. The summed E-state index contributed by atoms with van der Waals surface area (Å²) in [6, 6.07) is 4.73. The van der Waals surface area contributed by atoms with Crippen molar-refractivity contribution in [2.24, 2.45) is 0 Å². The Hall–Kier alpha value is -2.62. The lowest BCUT2D eigenvalue weighted by molar-refractivity contribution is -0.137. The lowest BCUT2D eigenvalue weighted by Gasteiger charge is -2.11. The van der Waals surface area contributed by atoms with E-state index in [1.165, 1.54) is 24.7 Å². The third-order valence-electron chi connectivity index (χ3n) is 2.54. The van der Waals surface area contributed by atoms with Gasteiger partial charge >= 0.3 is 6.18 Å². The van der Waals surface area contributed by atoms with Crippen molar-refractivity contribution in [1.82, 2.24) is 9.97 Å². The Morgan fingerprint density at radius 1 is 1.25 bits per heavy atom. The van der Waals surface area contributed by atoms with Crippen LogP contribution in [0.2, 0.25) is 0 Å². The topological polar surface area (TPSA) is 61.6 Å². The predicted octanol–water partition coefficient (Wildman–Crippen LogP) is 2.98. The molecule has 0 amide bonds. The number of aromatic nitrogens is 2. The first-order valence-electron chi connectivity index (χ1n) is 5.61. The minimum absolute atomic E-state index is 0.0660. The lowest BCUT2D eigenvalue weighted by atomic mass is 10.1. The molecule has 1 heterocycles. The molecular weight excluding hydrogens is 269 g/mol. The Morgan fingerprint density at radius 3 is 2.65 bits per heavy atom. The summed E-state index contributed by atoms with van der Waals surface area (Å²) in [5, 5.41) is 11.8. The van der Waals surface area contributed by atoms with E-state index < -0.39 is 11.7 Å². The van der Waals surface area contributed by atoms with Crippen molar-refractivity contribution < 1.29 is 13.2 Å². The number of alkyl halides is 3. The van der Waals surface area contributed by atoms with Crippen molar-refractivity contribution in [3.05, 3.63) is 53.6 Å². The van der Waals surface area contributed by atoms with Gasteiger partial charge in [-0.3, -0.25) is 9.97 Å². The number of anilines is 1. The SMILES string of the molecule is N#Cc1cc(C(F)(F)F)ccc1NCc1cnccn1. The van der Waals surface area contributed by atoms with E-state index in [9.17, 15) is 13.2 Å². The predicted molar refractivity (Wildman–Crippen MR) is 65.5 cm³/mol. The summed E-state index contributed by atoms with van der Waals surface area (Å²) in [6.45, 7) is 0.272. The van der Waals surface area contributed by atoms with Crippen LogP contribution in [0.4, 0.5) is 18.9 Å². The van der Waals surface area contributed by atoms with Gasteiger partial charge in [-0.1, -0.05) is 0 Å².